The third-order valence-corrected chi connectivity index (χ3v) is 5.68. The van der Waals surface area contributed by atoms with Gasteiger partial charge < -0.3 is 5.32 Å². The van der Waals surface area contributed by atoms with E-state index in [-0.39, 0.29) is 12.3 Å². The average molecular weight is 413 g/mol. The molecule has 0 bridgehead atoms. The number of anilines is 1. The third-order valence-electron chi connectivity index (χ3n) is 3.68. The van der Waals surface area contributed by atoms with Crippen molar-refractivity contribution >= 4 is 45.3 Å². The van der Waals surface area contributed by atoms with Crippen molar-refractivity contribution in [2.24, 2.45) is 0 Å². The number of aromatic nitrogens is 3. The van der Waals surface area contributed by atoms with Gasteiger partial charge in [-0.2, -0.15) is 0 Å². The number of thiazole rings is 2. The Morgan fingerprint density at radius 1 is 1.00 bits per heavy atom. The Kier molecular flexibility index (Phi) is 5.24. The summed E-state index contributed by atoms with van der Waals surface area (Å²) in [4.78, 5) is 25.5. The third kappa shape index (κ3) is 4.21. The van der Waals surface area contributed by atoms with E-state index in [1.54, 1.807) is 6.20 Å². The number of hydrogen-bond donors (Lipinski definition) is 1. The lowest BCUT2D eigenvalue weighted by Gasteiger charge is -2.00. The van der Waals surface area contributed by atoms with Crippen LogP contribution in [0, 0.1) is 0 Å². The highest BCUT2D eigenvalue weighted by Gasteiger charge is 2.13. The normalized spacial score (nSPS) is 10.7. The summed E-state index contributed by atoms with van der Waals surface area (Å²) >= 11 is 9.04. The van der Waals surface area contributed by atoms with Crippen molar-refractivity contribution in [3.63, 3.8) is 0 Å². The molecule has 1 aromatic carbocycles. The maximum Gasteiger partial charge on any atom is 0.232 e. The summed E-state index contributed by atoms with van der Waals surface area (Å²) < 4.78 is 0. The molecule has 0 fully saturated rings. The summed E-state index contributed by atoms with van der Waals surface area (Å²) in [6.45, 7) is 0. The van der Waals surface area contributed by atoms with Gasteiger partial charge in [0.1, 0.15) is 5.01 Å². The second kappa shape index (κ2) is 7.96. The number of halogens is 1. The molecule has 4 aromatic rings. The molecule has 0 atom stereocenters. The summed E-state index contributed by atoms with van der Waals surface area (Å²) in [7, 11) is 0. The van der Waals surface area contributed by atoms with Gasteiger partial charge in [0.25, 0.3) is 0 Å². The van der Waals surface area contributed by atoms with Crippen molar-refractivity contribution in [2.75, 3.05) is 5.32 Å². The Balaban J connectivity index is 1.42. The Morgan fingerprint density at radius 3 is 2.67 bits per heavy atom. The van der Waals surface area contributed by atoms with Crippen molar-refractivity contribution in [2.45, 2.75) is 6.42 Å². The van der Waals surface area contributed by atoms with E-state index in [1.807, 2.05) is 53.2 Å². The van der Waals surface area contributed by atoms with Crippen LogP contribution in [0.1, 0.15) is 5.69 Å². The fourth-order valence-corrected chi connectivity index (χ4v) is 4.20. The first-order valence-corrected chi connectivity index (χ1v) is 10.2. The van der Waals surface area contributed by atoms with Crippen molar-refractivity contribution in [1.29, 1.82) is 0 Å². The highest BCUT2D eigenvalue weighted by Crippen LogP contribution is 2.30. The number of hydrogen-bond acceptors (Lipinski definition) is 6. The predicted molar refractivity (Wildman–Crippen MR) is 110 cm³/mol. The van der Waals surface area contributed by atoms with Gasteiger partial charge in [-0.15, -0.1) is 22.7 Å². The van der Waals surface area contributed by atoms with Gasteiger partial charge in [0.2, 0.25) is 5.91 Å². The van der Waals surface area contributed by atoms with E-state index in [9.17, 15) is 4.79 Å². The minimum atomic E-state index is -0.159. The summed E-state index contributed by atoms with van der Waals surface area (Å²) in [5, 5.41) is 8.54. The molecule has 0 spiro atoms. The maximum atomic E-state index is 12.3. The molecule has 5 nitrogen and oxygen atoms in total. The van der Waals surface area contributed by atoms with Crippen LogP contribution < -0.4 is 5.32 Å². The van der Waals surface area contributed by atoms with E-state index in [4.69, 9.17) is 11.6 Å². The van der Waals surface area contributed by atoms with Crippen LogP contribution in [0.2, 0.25) is 5.02 Å². The fourth-order valence-electron chi connectivity index (χ4n) is 2.45. The molecular formula is C19H13ClN4OS2. The van der Waals surface area contributed by atoms with Crippen LogP contribution in [0.15, 0.2) is 59.4 Å². The topological polar surface area (TPSA) is 67.8 Å². The Hall–Kier alpha value is -2.61. The fraction of sp³-hybridized carbons (Fsp3) is 0.0526. The van der Waals surface area contributed by atoms with Crippen molar-refractivity contribution in [1.82, 2.24) is 15.0 Å². The van der Waals surface area contributed by atoms with E-state index in [0.717, 1.165) is 22.0 Å². The first-order valence-electron chi connectivity index (χ1n) is 8.05. The van der Waals surface area contributed by atoms with Gasteiger partial charge in [0.15, 0.2) is 5.13 Å². The van der Waals surface area contributed by atoms with E-state index >= 15 is 0 Å². The molecule has 0 aliphatic rings. The van der Waals surface area contributed by atoms with Crippen LogP contribution in [0.4, 0.5) is 5.13 Å². The number of carbonyl (C=O) groups excluding carboxylic acids is 1. The van der Waals surface area contributed by atoms with E-state index in [2.05, 4.69) is 20.3 Å². The zero-order valence-electron chi connectivity index (χ0n) is 13.9. The van der Waals surface area contributed by atoms with Crippen LogP contribution in [0.5, 0.6) is 0 Å². The number of benzene rings is 1. The highest BCUT2D eigenvalue weighted by atomic mass is 35.5. The zero-order valence-corrected chi connectivity index (χ0v) is 16.3. The van der Waals surface area contributed by atoms with Crippen LogP contribution in [-0.2, 0) is 11.2 Å². The molecule has 0 unspecified atom stereocenters. The van der Waals surface area contributed by atoms with E-state index in [1.165, 1.54) is 22.7 Å². The molecule has 134 valence electrons. The molecule has 1 N–H and O–H groups in total. The van der Waals surface area contributed by atoms with Crippen LogP contribution >= 0.6 is 34.3 Å². The van der Waals surface area contributed by atoms with Gasteiger partial charge in [0.05, 0.1) is 23.5 Å². The number of nitrogens with zero attached hydrogens (tertiary/aromatic N) is 3. The predicted octanol–water partition coefficient (Wildman–Crippen LogP) is 5.16. The number of carbonyl (C=O) groups is 1. The summed E-state index contributed by atoms with van der Waals surface area (Å²) in [6.07, 6.45) is 1.91. The second-order valence-corrected chi connectivity index (χ2v) is 7.73. The largest absolute Gasteiger partial charge is 0.302 e. The van der Waals surface area contributed by atoms with E-state index < -0.39 is 0 Å². The molecule has 0 saturated heterocycles. The van der Waals surface area contributed by atoms with Gasteiger partial charge >= 0.3 is 0 Å². The first-order chi connectivity index (χ1) is 13.2. The summed E-state index contributed by atoms with van der Waals surface area (Å²) in [5.41, 5.74) is 3.10. The molecule has 0 aliphatic carbocycles. The zero-order chi connectivity index (χ0) is 18.6. The van der Waals surface area contributed by atoms with Gasteiger partial charge in [-0.3, -0.25) is 9.78 Å². The number of amides is 1. The lowest BCUT2D eigenvalue weighted by molar-refractivity contribution is -0.115. The molecule has 3 aromatic heterocycles. The smallest absolute Gasteiger partial charge is 0.232 e. The number of rotatable bonds is 5. The molecule has 8 heteroatoms. The Morgan fingerprint density at radius 2 is 1.85 bits per heavy atom. The maximum absolute atomic E-state index is 12.3. The molecule has 0 saturated carbocycles. The minimum Gasteiger partial charge on any atom is -0.302 e. The second-order valence-electron chi connectivity index (χ2n) is 5.60. The van der Waals surface area contributed by atoms with Gasteiger partial charge in [-0.05, 0) is 18.2 Å². The number of pyridine rings is 1. The van der Waals surface area contributed by atoms with Crippen molar-refractivity contribution in [3.8, 4) is 22.0 Å². The molecular weight excluding hydrogens is 400 g/mol. The molecule has 0 radical (unpaired) electrons. The van der Waals surface area contributed by atoms with E-state index in [0.29, 0.717) is 15.8 Å². The Bertz CT molecular complexity index is 1080. The standard InChI is InChI=1S/C19H13ClN4OS2/c20-14-6-2-1-5-13(14)16-11-27-19(23-16)24-17(25)9-12-10-26-18(22-12)15-7-3-4-8-21-15/h1-8,10-11H,9H2,(H,23,24,25). The minimum absolute atomic E-state index is 0.159. The number of nitrogens with one attached hydrogen (secondary N) is 1. The molecule has 0 aliphatic heterocycles. The van der Waals surface area contributed by atoms with Crippen molar-refractivity contribution in [3.05, 3.63) is 70.1 Å². The van der Waals surface area contributed by atoms with Gasteiger partial charge in [0, 0.05) is 27.5 Å². The lowest BCUT2D eigenvalue weighted by atomic mass is 10.2. The average Bonchev–Trinajstić information content (AvgIpc) is 3.33. The van der Waals surface area contributed by atoms with Crippen LogP contribution in [0.3, 0.4) is 0 Å². The quantitative estimate of drug-likeness (QED) is 0.491. The van der Waals surface area contributed by atoms with Crippen LogP contribution in [-0.4, -0.2) is 20.9 Å². The van der Waals surface area contributed by atoms with Crippen LogP contribution in [0.25, 0.3) is 22.0 Å². The van der Waals surface area contributed by atoms with Crippen molar-refractivity contribution < 1.29 is 4.79 Å². The Labute approximate surface area is 168 Å². The van der Waals surface area contributed by atoms with Gasteiger partial charge in [-0.25, -0.2) is 9.97 Å². The van der Waals surface area contributed by atoms with Gasteiger partial charge in [-0.1, -0.05) is 35.9 Å². The highest BCUT2D eigenvalue weighted by molar-refractivity contribution is 7.14. The SMILES string of the molecule is O=C(Cc1csc(-c2ccccn2)n1)Nc1nc(-c2ccccc2Cl)cs1. The summed E-state index contributed by atoms with van der Waals surface area (Å²) in [6, 6.07) is 13.2. The lowest BCUT2D eigenvalue weighted by Crippen LogP contribution is -2.14. The molecule has 1 amide bonds. The summed E-state index contributed by atoms with van der Waals surface area (Å²) in [5.74, 6) is -0.159. The monoisotopic (exact) mass is 412 g/mol. The molecule has 27 heavy (non-hydrogen) atoms. The molecule has 3 heterocycles. The molecule has 4 rings (SSSR count). The first kappa shape index (κ1) is 17.8.